The first-order valence-electron chi connectivity index (χ1n) is 7.04. The fourth-order valence-corrected chi connectivity index (χ4v) is 2.22. The van der Waals surface area contributed by atoms with Gasteiger partial charge in [-0.1, -0.05) is 6.07 Å². The Bertz CT molecular complexity index is 507. The third kappa shape index (κ3) is 5.28. The molecular weight excluding hydrogens is 275 g/mol. The molecule has 2 rings (SSSR count). The fourth-order valence-electron chi connectivity index (χ4n) is 2.22. The van der Waals surface area contributed by atoms with Crippen molar-refractivity contribution < 1.29 is 23.8 Å². The van der Waals surface area contributed by atoms with Crippen LogP contribution in [0.3, 0.4) is 0 Å². The molecule has 1 N–H and O–H groups in total. The van der Waals surface area contributed by atoms with Crippen LogP contribution in [-0.2, 0) is 20.9 Å². The Hall–Kier alpha value is -1.72. The van der Waals surface area contributed by atoms with E-state index < -0.39 is 11.8 Å². The first-order chi connectivity index (χ1) is 10.1. The molecule has 1 unspecified atom stereocenters. The van der Waals surface area contributed by atoms with Gasteiger partial charge in [0.2, 0.25) is 0 Å². The van der Waals surface area contributed by atoms with Gasteiger partial charge in [-0.15, -0.1) is 0 Å². The Morgan fingerprint density at radius 3 is 3.05 bits per heavy atom. The van der Waals surface area contributed by atoms with E-state index >= 15 is 0 Å². The maximum Gasteiger partial charge on any atom is 0.328 e. The van der Waals surface area contributed by atoms with Crippen molar-refractivity contribution in [3.63, 3.8) is 0 Å². The number of carboxylic acids is 1. The summed E-state index contributed by atoms with van der Waals surface area (Å²) in [7, 11) is 0. The van der Waals surface area contributed by atoms with Crippen LogP contribution in [0.4, 0.5) is 4.39 Å². The number of hydrogen-bond donors (Lipinski definition) is 1. The summed E-state index contributed by atoms with van der Waals surface area (Å²) >= 11 is 0. The van der Waals surface area contributed by atoms with Crippen molar-refractivity contribution in [2.24, 2.45) is 0 Å². The quantitative estimate of drug-likeness (QED) is 0.819. The normalized spacial score (nSPS) is 19.0. The van der Waals surface area contributed by atoms with E-state index in [0.717, 1.165) is 37.5 Å². The van der Waals surface area contributed by atoms with Crippen LogP contribution in [0.1, 0.15) is 30.4 Å². The molecule has 1 heterocycles. The highest BCUT2D eigenvalue weighted by Crippen LogP contribution is 2.16. The van der Waals surface area contributed by atoms with Gasteiger partial charge in [-0.25, -0.2) is 9.18 Å². The molecule has 0 spiro atoms. The van der Waals surface area contributed by atoms with Crippen LogP contribution in [-0.4, -0.2) is 30.4 Å². The Balaban J connectivity index is 1.88. The maximum absolute atomic E-state index is 13.5. The molecule has 1 saturated heterocycles. The third-order valence-corrected chi connectivity index (χ3v) is 3.31. The number of ether oxygens (including phenoxy) is 2. The molecule has 114 valence electrons. The van der Waals surface area contributed by atoms with Crippen LogP contribution in [0, 0.1) is 5.82 Å². The van der Waals surface area contributed by atoms with Crippen molar-refractivity contribution in [3.8, 4) is 0 Å². The van der Waals surface area contributed by atoms with Gasteiger partial charge in [0.1, 0.15) is 5.82 Å². The molecule has 0 radical (unpaired) electrons. The van der Waals surface area contributed by atoms with Gasteiger partial charge in [0.15, 0.2) is 0 Å². The topological polar surface area (TPSA) is 55.8 Å². The van der Waals surface area contributed by atoms with Gasteiger partial charge >= 0.3 is 5.97 Å². The van der Waals surface area contributed by atoms with E-state index in [1.54, 1.807) is 12.1 Å². The standard InChI is InChI=1S/C16H19FO4/c17-15-6-4-12(9-13(15)5-7-16(18)19)10-20-11-14-3-1-2-8-21-14/h4-7,9,14H,1-3,8,10-11H2,(H,18,19). The molecule has 0 amide bonds. The largest absolute Gasteiger partial charge is 0.478 e. The predicted molar refractivity (Wildman–Crippen MR) is 76.3 cm³/mol. The van der Waals surface area contributed by atoms with Gasteiger partial charge in [0, 0.05) is 18.2 Å². The predicted octanol–water partition coefficient (Wildman–Crippen LogP) is 3.01. The number of benzene rings is 1. The summed E-state index contributed by atoms with van der Waals surface area (Å²) in [5.41, 5.74) is 1.05. The van der Waals surface area contributed by atoms with Crippen LogP contribution in [0.2, 0.25) is 0 Å². The number of rotatable bonds is 6. The lowest BCUT2D eigenvalue weighted by Gasteiger charge is -2.22. The van der Waals surface area contributed by atoms with Gasteiger partial charge in [-0.3, -0.25) is 0 Å². The number of carboxylic acid groups (broad SMARTS) is 1. The minimum Gasteiger partial charge on any atom is -0.478 e. The molecule has 21 heavy (non-hydrogen) atoms. The van der Waals surface area contributed by atoms with E-state index in [4.69, 9.17) is 14.6 Å². The van der Waals surface area contributed by atoms with Crippen molar-refractivity contribution in [1.82, 2.24) is 0 Å². The minimum absolute atomic E-state index is 0.144. The Labute approximate surface area is 123 Å². The smallest absolute Gasteiger partial charge is 0.328 e. The molecule has 0 aliphatic carbocycles. The van der Waals surface area contributed by atoms with Crippen LogP contribution >= 0.6 is 0 Å². The minimum atomic E-state index is -1.11. The lowest BCUT2D eigenvalue weighted by molar-refractivity contribution is -0.131. The van der Waals surface area contributed by atoms with Crippen molar-refractivity contribution >= 4 is 12.0 Å². The molecule has 1 aliphatic heterocycles. The molecule has 0 aromatic heterocycles. The fraction of sp³-hybridized carbons (Fsp3) is 0.438. The highest BCUT2D eigenvalue weighted by molar-refractivity contribution is 5.85. The number of aliphatic carboxylic acids is 1. The van der Waals surface area contributed by atoms with Crippen LogP contribution in [0.25, 0.3) is 6.08 Å². The third-order valence-electron chi connectivity index (χ3n) is 3.31. The summed E-state index contributed by atoms with van der Waals surface area (Å²) in [5, 5.41) is 8.57. The zero-order valence-corrected chi connectivity index (χ0v) is 11.8. The Morgan fingerprint density at radius 1 is 1.48 bits per heavy atom. The van der Waals surface area contributed by atoms with E-state index in [9.17, 15) is 9.18 Å². The summed E-state index contributed by atoms with van der Waals surface area (Å²) < 4.78 is 24.7. The first-order valence-corrected chi connectivity index (χ1v) is 7.04. The van der Waals surface area contributed by atoms with Crippen LogP contribution < -0.4 is 0 Å². The summed E-state index contributed by atoms with van der Waals surface area (Å²) in [6.45, 7) is 1.67. The van der Waals surface area contributed by atoms with E-state index in [2.05, 4.69) is 0 Å². The molecule has 1 aliphatic rings. The van der Waals surface area contributed by atoms with Crippen LogP contribution in [0.15, 0.2) is 24.3 Å². The van der Waals surface area contributed by atoms with Gasteiger partial charge in [0.05, 0.1) is 19.3 Å². The molecule has 0 bridgehead atoms. The van der Waals surface area contributed by atoms with Gasteiger partial charge < -0.3 is 14.6 Å². The zero-order chi connectivity index (χ0) is 15.1. The number of hydrogen-bond acceptors (Lipinski definition) is 3. The van der Waals surface area contributed by atoms with Gasteiger partial charge in [-0.2, -0.15) is 0 Å². The Morgan fingerprint density at radius 2 is 2.33 bits per heavy atom. The average molecular weight is 294 g/mol. The lowest BCUT2D eigenvalue weighted by atomic mass is 10.1. The van der Waals surface area contributed by atoms with E-state index in [1.807, 2.05) is 0 Å². The Kier molecular flexibility index (Phi) is 5.90. The van der Waals surface area contributed by atoms with Gasteiger partial charge in [0.25, 0.3) is 0 Å². The lowest BCUT2D eigenvalue weighted by Crippen LogP contribution is -2.24. The monoisotopic (exact) mass is 294 g/mol. The van der Waals surface area contributed by atoms with Gasteiger partial charge in [-0.05, 0) is 43.0 Å². The van der Waals surface area contributed by atoms with Crippen molar-refractivity contribution in [2.45, 2.75) is 32.0 Å². The second-order valence-corrected chi connectivity index (χ2v) is 5.03. The summed E-state index contributed by atoms with van der Waals surface area (Å²) in [6, 6.07) is 4.54. The molecule has 4 nitrogen and oxygen atoms in total. The van der Waals surface area contributed by atoms with E-state index in [0.29, 0.717) is 13.2 Å². The number of carbonyl (C=O) groups is 1. The molecular formula is C16H19FO4. The highest BCUT2D eigenvalue weighted by Gasteiger charge is 2.13. The van der Waals surface area contributed by atoms with E-state index in [-0.39, 0.29) is 11.7 Å². The van der Waals surface area contributed by atoms with Crippen molar-refractivity contribution in [1.29, 1.82) is 0 Å². The molecule has 0 saturated carbocycles. The second kappa shape index (κ2) is 7.90. The van der Waals surface area contributed by atoms with E-state index in [1.165, 1.54) is 12.1 Å². The maximum atomic E-state index is 13.5. The first kappa shape index (κ1) is 15.7. The van der Waals surface area contributed by atoms with Crippen molar-refractivity contribution in [2.75, 3.05) is 13.2 Å². The molecule has 1 fully saturated rings. The number of halogens is 1. The summed E-state index contributed by atoms with van der Waals surface area (Å²) in [5.74, 6) is -1.56. The van der Waals surface area contributed by atoms with Crippen molar-refractivity contribution in [3.05, 3.63) is 41.2 Å². The summed E-state index contributed by atoms with van der Waals surface area (Å²) in [6.07, 6.45) is 5.58. The molecule has 1 aromatic rings. The highest BCUT2D eigenvalue weighted by atomic mass is 19.1. The summed E-state index contributed by atoms with van der Waals surface area (Å²) in [4.78, 5) is 10.5. The second-order valence-electron chi connectivity index (χ2n) is 5.03. The average Bonchev–Trinajstić information content (AvgIpc) is 2.48. The molecule has 1 aromatic carbocycles. The molecule has 5 heteroatoms. The van der Waals surface area contributed by atoms with Crippen LogP contribution in [0.5, 0.6) is 0 Å². The zero-order valence-electron chi connectivity index (χ0n) is 11.8. The SMILES string of the molecule is O=C(O)C=Cc1cc(COCC2CCCCO2)ccc1F. The molecule has 1 atom stereocenters.